The molecule has 0 fully saturated rings. The Balaban J connectivity index is 3.94. The first-order valence-electron chi connectivity index (χ1n) is 3.90. The molecule has 0 aromatic carbocycles. The van der Waals surface area contributed by atoms with Gasteiger partial charge in [0.15, 0.2) is 0 Å². The Hall–Kier alpha value is -0.0800. The fourth-order valence-electron chi connectivity index (χ4n) is 0.844. The third kappa shape index (κ3) is 2.67. The molecule has 61 valence electrons. The van der Waals surface area contributed by atoms with Crippen LogP contribution in [0.5, 0.6) is 0 Å². The van der Waals surface area contributed by atoms with E-state index >= 15 is 0 Å². The first-order valence-corrected chi connectivity index (χ1v) is 3.90. The summed E-state index contributed by atoms with van der Waals surface area (Å²) in [7, 11) is 0. The van der Waals surface area contributed by atoms with Gasteiger partial charge in [-0.05, 0) is 34.1 Å². The first-order chi connectivity index (χ1) is 4.39. The summed E-state index contributed by atoms with van der Waals surface area (Å²) in [5.74, 6) is 7.66. The smallest absolute Gasteiger partial charge is 0.0286 e. The summed E-state index contributed by atoms with van der Waals surface area (Å²) in [4.78, 5) is 0. The van der Waals surface area contributed by atoms with Crippen LogP contribution in [-0.4, -0.2) is 16.6 Å². The van der Waals surface area contributed by atoms with Crippen molar-refractivity contribution in [1.82, 2.24) is 10.9 Å². The lowest BCUT2D eigenvalue weighted by atomic mass is 10.1. The van der Waals surface area contributed by atoms with Crippen LogP contribution in [0.4, 0.5) is 0 Å². The van der Waals surface area contributed by atoms with Crippen molar-refractivity contribution in [2.75, 3.05) is 0 Å². The fraction of sp³-hybridized carbons (Fsp3) is 1.00. The molecule has 0 heterocycles. The monoisotopic (exact) mass is 143 g/mol. The molecule has 0 aromatic heterocycles. The zero-order chi connectivity index (χ0) is 8.36. The molecule has 2 heteroatoms. The van der Waals surface area contributed by atoms with Gasteiger partial charge in [-0.25, -0.2) is 5.01 Å². The van der Waals surface area contributed by atoms with Crippen molar-refractivity contribution in [3.63, 3.8) is 0 Å². The first kappa shape index (κ1) is 9.92. The second-order valence-electron chi connectivity index (χ2n) is 3.80. The fourth-order valence-corrected chi connectivity index (χ4v) is 0.844. The van der Waals surface area contributed by atoms with E-state index in [4.69, 9.17) is 5.84 Å². The highest BCUT2D eigenvalue weighted by molar-refractivity contribution is 4.74. The molecule has 0 saturated carbocycles. The van der Waals surface area contributed by atoms with E-state index in [1.807, 2.05) is 0 Å². The maximum atomic E-state index is 7.66. The zero-order valence-corrected chi connectivity index (χ0v) is 7.73. The number of nitrogens with zero attached hydrogens (tertiary/aromatic N) is 1. The van der Waals surface area contributed by atoms with Gasteiger partial charge in [-0.15, -0.1) is 0 Å². The van der Waals surface area contributed by atoms with Crippen molar-refractivity contribution >= 4 is 0 Å². The standard InChI is InChI=1S/C8H19N2/c1-6-7(2)10(9)8(3,4)5/h7,9H,6H2,1-5H3. The van der Waals surface area contributed by atoms with E-state index < -0.39 is 0 Å². The minimum absolute atomic E-state index is 0.0184. The van der Waals surface area contributed by atoms with E-state index in [0.717, 1.165) is 6.42 Å². The van der Waals surface area contributed by atoms with Crippen LogP contribution in [0, 0.1) is 0 Å². The largest absolute Gasteiger partial charge is 0.222 e. The maximum Gasteiger partial charge on any atom is 0.0286 e. The predicted octanol–water partition coefficient (Wildman–Crippen LogP) is 2.08. The molecule has 0 spiro atoms. The quantitative estimate of drug-likeness (QED) is 0.544. The Bertz CT molecular complexity index is 93.9. The topological polar surface area (TPSA) is 27.0 Å². The summed E-state index contributed by atoms with van der Waals surface area (Å²) in [6.45, 7) is 10.4. The summed E-state index contributed by atoms with van der Waals surface area (Å²) in [6, 6.07) is 0.361. The van der Waals surface area contributed by atoms with E-state index in [1.54, 1.807) is 5.01 Å². The van der Waals surface area contributed by atoms with E-state index in [9.17, 15) is 0 Å². The Morgan fingerprint density at radius 2 is 1.80 bits per heavy atom. The Morgan fingerprint density at radius 1 is 1.40 bits per heavy atom. The van der Waals surface area contributed by atoms with E-state index in [2.05, 4.69) is 34.6 Å². The highest BCUT2D eigenvalue weighted by Gasteiger charge is 2.22. The van der Waals surface area contributed by atoms with Gasteiger partial charge in [0.05, 0.1) is 0 Å². The minimum Gasteiger partial charge on any atom is -0.222 e. The molecule has 0 rings (SSSR count). The van der Waals surface area contributed by atoms with Gasteiger partial charge < -0.3 is 0 Å². The molecule has 0 bridgehead atoms. The molecule has 1 radical (unpaired) electrons. The summed E-state index contributed by atoms with van der Waals surface area (Å²) >= 11 is 0. The third-order valence-corrected chi connectivity index (χ3v) is 1.75. The second-order valence-corrected chi connectivity index (χ2v) is 3.80. The van der Waals surface area contributed by atoms with Gasteiger partial charge in [0.25, 0.3) is 0 Å². The van der Waals surface area contributed by atoms with E-state index in [0.29, 0.717) is 6.04 Å². The summed E-state index contributed by atoms with van der Waals surface area (Å²) in [5, 5.41) is 1.66. The van der Waals surface area contributed by atoms with Crippen LogP contribution in [0.3, 0.4) is 0 Å². The number of hydrogen-bond acceptors (Lipinski definition) is 1. The molecule has 0 aliphatic carbocycles. The molecule has 10 heavy (non-hydrogen) atoms. The van der Waals surface area contributed by atoms with E-state index in [-0.39, 0.29) is 5.54 Å². The van der Waals surface area contributed by atoms with Crippen LogP contribution < -0.4 is 5.84 Å². The van der Waals surface area contributed by atoms with Crippen LogP contribution in [0.2, 0.25) is 0 Å². The zero-order valence-electron chi connectivity index (χ0n) is 7.73. The van der Waals surface area contributed by atoms with Gasteiger partial charge in [0.1, 0.15) is 0 Å². The Morgan fingerprint density at radius 3 is 1.90 bits per heavy atom. The SMILES string of the molecule is CCC(C)N([NH])C(C)(C)C. The van der Waals surface area contributed by atoms with Crippen LogP contribution in [-0.2, 0) is 0 Å². The molecule has 1 N–H and O–H groups in total. The number of hydrogen-bond donors (Lipinski definition) is 0. The van der Waals surface area contributed by atoms with Gasteiger partial charge in [-0.1, -0.05) is 6.92 Å². The lowest BCUT2D eigenvalue weighted by Crippen LogP contribution is -2.45. The van der Waals surface area contributed by atoms with Gasteiger partial charge in [-0.2, -0.15) is 5.84 Å². The molecule has 2 nitrogen and oxygen atoms in total. The molecule has 0 aliphatic rings. The van der Waals surface area contributed by atoms with Crippen molar-refractivity contribution in [2.24, 2.45) is 0 Å². The number of rotatable bonds is 2. The molecule has 1 unspecified atom stereocenters. The maximum absolute atomic E-state index is 7.66. The summed E-state index contributed by atoms with van der Waals surface area (Å²) < 4.78 is 0. The van der Waals surface area contributed by atoms with Crippen LogP contribution in [0.25, 0.3) is 0 Å². The van der Waals surface area contributed by atoms with Crippen molar-refractivity contribution < 1.29 is 0 Å². The molecule has 0 amide bonds. The Kier molecular flexibility index (Phi) is 3.33. The van der Waals surface area contributed by atoms with E-state index in [1.165, 1.54) is 0 Å². The van der Waals surface area contributed by atoms with Crippen molar-refractivity contribution in [3.8, 4) is 0 Å². The molecular weight excluding hydrogens is 124 g/mol. The van der Waals surface area contributed by atoms with Crippen LogP contribution >= 0.6 is 0 Å². The minimum atomic E-state index is -0.0184. The average molecular weight is 143 g/mol. The van der Waals surface area contributed by atoms with Crippen molar-refractivity contribution in [2.45, 2.75) is 52.6 Å². The number of nitrogens with one attached hydrogen (secondary N) is 1. The van der Waals surface area contributed by atoms with Crippen LogP contribution in [0.1, 0.15) is 41.0 Å². The third-order valence-electron chi connectivity index (χ3n) is 1.75. The normalized spacial score (nSPS) is 15.9. The molecule has 1 atom stereocenters. The lowest BCUT2D eigenvalue weighted by Gasteiger charge is -2.34. The van der Waals surface area contributed by atoms with Crippen LogP contribution in [0.15, 0.2) is 0 Å². The summed E-state index contributed by atoms with van der Waals surface area (Å²) in [6.07, 6.45) is 1.04. The van der Waals surface area contributed by atoms with Gasteiger partial charge in [-0.3, -0.25) is 0 Å². The lowest BCUT2D eigenvalue weighted by molar-refractivity contribution is 0.0772. The van der Waals surface area contributed by atoms with Crippen molar-refractivity contribution in [3.05, 3.63) is 0 Å². The van der Waals surface area contributed by atoms with Gasteiger partial charge in [0.2, 0.25) is 0 Å². The molecule has 0 aliphatic heterocycles. The predicted molar refractivity (Wildman–Crippen MR) is 44.4 cm³/mol. The second kappa shape index (κ2) is 3.35. The van der Waals surface area contributed by atoms with Gasteiger partial charge in [0, 0.05) is 11.6 Å². The highest BCUT2D eigenvalue weighted by Crippen LogP contribution is 2.14. The molecule has 0 saturated heterocycles. The molecular formula is C8H19N2. The summed E-state index contributed by atoms with van der Waals surface area (Å²) in [5.41, 5.74) is -0.0184. The average Bonchev–Trinajstić information content (AvgIpc) is 1.83. The van der Waals surface area contributed by atoms with Crippen molar-refractivity contribution in [1.29, 1.82) is 0 Å². The highest BCUT2D eigenvalue weighted by atomic mass is 15.4. The van der Waals surface area contributed by atoms with Gasteiger partial charge >= 0.3 is 0 Å². The Labute approximate surface area is 64.4 Å². The molecule has 0 aromatic rings.